The quantitative estimate of drug-likeness (QED) is 0.741. The van der Waals surface area contributed by atoms with Crippen LogP contribution in [-0.2, 0) is 10.2 Å². The van der Waals surface area contributed by atoms with Crippen LogP contribution in [0.5, 0.6) is 0 Å². The number of hydrogen-bond acceptors (Lipinski definition) is 2. The van der Waals surface area contributed by atoms with Gasteiger partial charge in [-0.15, -0.1) is 0 Å². The standard InChI is InChI=1S/C15H16N2O/c1-17(2)14(18)15-7-8-16-12(10-15)9-11-5-3-4-6-13(11)15/h3-6,8-9H,7,10H2,1-2H3. The predicted octanol–water partition coefficient (Wildman–Crippen LogP) is 2.23. The number of allylic oxidation sites excluding steroid dienone is 1. The lowest BCUT2D eigenvalue weighted by molar-refractivity contribution is -0.134. The summed E-state index contributed by atoms with van der Waals surface area (Å²) in [5, 5.41) is 0. The average molecular weight is 240 g/mol. The highest BCUT2D eigenvalue weighted by Crippen LogP contribution is 2.44. The molecule has 3 rings (SSSR count). The molecule has 0 aromatic heterocycles. The van der Waals surface area contributed by atoms with Gasteiger partial charge in [-0.25, -0.2) is 0 Å². The van der Waals surface area contributed by atoms with Crippen molar-refractivity contribution < 1.29 is 4.79 Å². The van der Waals surface area contributed by atoms with Crippen molar-refractivity contribution >= 4 is 18.2 Å². The maximum absolute atomic E-state index is 12.6. The maximum atomic E-state index is 12.6. The number of carbonyl (C=O) groups is 1. The normalized spacial score (nSPS) is 24.2. The summed E-state index contributed by atoms with van der Waals surface area (Å²) in [6, 6.07) is 8.15. The molecule has 0 saturated carbocycles. The second kappa shape index (κ2) is 3.80. The van der Waals surface area contributed by atoms with Crippen LogP contribution in [0.25, 0.3) is 6.08 Å². The summed E-state index contributed by atoms with van der Waals surface area (Å²) in [7, 11) is 3.65. The number of hydrogen-bond donors (Lipinski definition) is 0. The third kappa shape index (κ3) is 1.43. The van der Waals surface area contributed by atoms with Crippen molar-refractivity contribution in [2.45, 2.75) is 18.3 Å². The summed E-state index contributed by atoms with van der Waals surface area (Å²) in [5.74, 6) is 0.173. The monoisotopic (exact) mass is 240 g/mol. The van der Waals surface area contributed by atoms with E-state index in [1.54, 1.807) is 4.90 Å². The molecule has 3 heteroatoms. The lowest BCUT2D eigenvalue weighted by Crippen LogP contribution is -2.47. The molecule has 1 aromatic rings. The van der Waals surface area contributed by atoms with Crippen molar-refractivity contribution in [2.24, 2.45) is 4.99 Å². The van der Waals surface area contributed by atoms with Crippen molar-refractivity contribution in [2.75, 3.05) is 14.1 Å². The Balaban J connectivity index is 2.23. The van der Waals surface area contributed by atoms with Gasteiger partial charge in [0.1, 0.15) is 0 Å². The highest BCUT2D eigenvalue weighted by Gasteiger charge is 2.45. The Kier molecular flexibility index (Phi) is 2.37. The van der Waals surface area contributed by atoms with Gasteiger partial charge in [0, 0.05) is 38.8 Å². The predicted molar refractivity (Wildman–Crippen MR) is 72.5 cm³/mol. The van der Waals surface area contributed by atoms with Crippen LogP contribution in [0.1, 0.15) is 24.0 Å². The zero-order valence-corrected chi connectivity index (χ0v) is 10.7. The zero-order chi connectivity index (χ0) is 12.8. The molecule has 2 aliphatic rings. The molecule has 0 N–H and O–H groups in total. The Labute approximate surface area is 107 Å². The summed E-state index contributed by atoms with van der Waals surface area (Å²) in [6.45, 7) is 0. The molecule has 2 bridgehead atoms. The van der Waals surface area contributed by atoms with E-state index < -0.39 is 5.41 Å². The van der Waals surface area contributed by atoms with Gasteiger partial charge in [-0.3, -0.25) is 9.79 Å². The largest absolute Gasteiger partial charge is 0.348 e. The first kappa shape index (κ1) is 11.2. The third-order valence-corrected chi connectivity index (χ3v) is 3.79. The van der Waals surface area contributed by atoms with Crippen LogP contribution in [0.4, 0.5) is 0 Å². The SMILES string of the molecule is CN(C)C(=O)C12CC=NC(=Cc3ccccc31)C2. The summed E-state index contributed by atoms with van der Waals surface area (Å²) in [5.41, 5.74) is 2.84. The van der Waals surface area contributed by atoms with E-state index in [-0.39, 0.29) is 5.91 Å². The molecule has 1 heterocycles. The third-order valence-electron chi connectivity index (χ3n) is 3.79. The molecule has 92 valence electrons. The van der Waals surface area contributed by atoms with Crippen LogP contribution in [0, 0.1) is 0 Å². The number of amides is 1. The van der Waals surface area contributed by atoms with Crippen LogP contribution in [0.2, 0.25) is 0 Å². The first-order valence-electron chi connectivity index (χ1n) is 6.18. The van der Waals surface area contributed by atoms with Crippen LogP contribution in [0.3, 0.4) is 0 Å². The number of aliphatic imine (C=N–C) groups is 1. The first-order chi connectivity index (χ1) is 8.63. The molecular formula is C15H16N2O. The van der Waals surface area contributed by atoms with Gasteiger partial charge >= 0.3 is 0 Å². The molecule has 0 radical (unpaired) electrons. The second-order valence-electron chi connectivity index (χ2n) is 5.20. The second-order valence-corrected chi connectivity index (χ2v) is 5.20. The van der Waals surface area contributed by atoms with Gasteiger partial charge < -0.3 is 4.90 Å². The minimum absolute atomic E-state index is 0.173. The van der Waals surface area contributed by atoms with Gasteiger partial charge in [0.15, 0.2) is 0 Å². The van der Waals surface area contributed by atoms with Crippen molar-refractivity contribution in [1.29, 1.82) is 0 Å². The fourth-order valence-electron chi connectivity index (χ4n) is 2.98. The van der Waals surface area contributed by atoms with Gasteiger partial charge in [-0.2, -0.15) is 0 Å². The molecule has 1 atom stereocenters. The number of likely N-dealkylation sites (N-methyl/N-ethyl adjacent to an activating group) is 1. The van der Waals surface area contributed by atoms with Gasteiger partial charge in [-0.1, -0.05) is 24.3 Å². The number of carbonyl (C=O) groups excluding carboxylic acids is 1. The lowest BCUT2D eigenvalue weighted by atomic mass is 9.67. The highest BCUT2D eigenvalue weighted by molar-refractivity contribution is 5.95. The molecule has 1 unspecified atom stereocenters. The van der Waals surface area contributed by atoms with E-state index >= 15 is 0 Å². The van der Waals surface area contributed by atoms with E-state index in [0.717, 1.165) is 23.2 Å². The van der Waals surface area contributed by atoms with E-state index in [9.17, 15) is 4.79 Å². The zero-order valence-electron chi connectivity index (χ0n) is 10.7. The van der Waals surface area contributed by atoms with Crippen LogP contribution < -0.4 is 0 Å². The Bertz CT molecular complexity index is 572. The summed E-state index contributed by atoms with van der Waals surface area (Å²) < 4.78 is 0. The molecule has 1 aliphatic carbocycles. The van der Waals surface area contributed by atoms with Gasteiger partial charge in [0.25, 0.3) is 0 Å². The molecule has 0 saturated heterocycles. The Hall–Kier alpha value is -1.90. The summed E-state index contributed by atoms with van der Waals surface area (Å²) in [6.07, 6.45) is 5.38. The van der Waals surface area contributed by atoms with Crippen molar-refractivity contribution in [3.05, 3.63) is 41.1 Å². The molecular weight excluding hydrogens is 224 g/mol. The summed E-state index contributed by atoms with van der Waals surface area (Å²) >= 11 is 0. The fraction of sp³-hybridized carbons (Fsp3) is 0.333. The van der Waals surface area contributed by atoms with E-state index in [4.69, 9.17) is 0 Å². The molecule has 3 nitrogen and oxygen atoms in total. The van der Waals surface area contributed by atoms with Crippen LogP contribution in [-0.4, -0.2) is 31.1 Å². The van der Waals surface area contributed by atoms with Crippen molar-refractivity contribution in [1.82, 2.24) is 4.90 Å². The van der Waals surface area contributed by atoms with Crippen molar-refractivity contribution in [3.63, 3.8) is 0 Å². The van der Waals surface area contributed by atoms with Crippen LogP contribution in [0.15, 0.2) is 35.0 Å². The number of benzene rings is 1. The highest BCUT2D eigenvalue weighted by atomic mass is 16.2. The lowest BCUT2D eigenvalue weighted by Gasteiger charge is -2.39. The molecule has 0 fully saturated rings. The number of nitrogens with zero attached hydrogens (tertiary/aromatic N) is 2. The number of fused-ring (bicyclic) bond motifs is 4. The topological polar surface area (TPSA) is 32.7 Å². The maximum Gasteiger partial charge on any atom is 0.233 e. The van der Waals surface area contributed by atoms with Crippen LogP contribution >= 0.6 is 0 Å². The molecule has 1 aliphatic heterocycles. The minimum Gasteiger partial charge on any atom is -0.348 e. The Morgan fingerprint density at radius 3 is 2.89 bits per heavy atom. The van der Waals surface area contributed by atoms with E-state index in [1.165, 1.54) is 0 Å². The molecule has 1 aromatic carbocycles. The average Bonchev–Trinajstić information content (AvgIpc) is 2.38. The Morgan fingerprint density at radius 1 is 1.33 bits per heavy atom. The molecule has 18 heavy (non-hydrogen) atoms. The number of rotatable bonds is 1. The van der Waals surface area contributed by atoms with E-state index in [0.29, 0.717) is 6.42 Å². The molecule has 0 spiro atoms. The minimum atomic E-state index is -0.439. The van der Waals surface area contributed by atoms with E-state index in [2.05, 4.69) is 23.2 Å². The summed E-state index contributed by atoms with van der Waals surface area (Å²) in [4.78, 5) is 18.7. The van der Waals surface area contributed by atoms with Gasteiger partial charge in [0.05, 0.1) is 5.41 Å². The smallest absolute Gasteiger partial charge is 0.233 e. The van der Waals surface area contributed by atoms with Gasteiger partial charge in [0.2, 0.25) is 5.91 Å². The van der Waals surface area contributed by atoms with Crippen molar-refractivity contribution in [3.8, 4) is 0 Å². The molecule has 1 amide bonds. The first-order valence-corrected chi connectivity index (χ1v) is 6.18. The van der Waals surface area contributed by atoms with E-state index in [1.807, 2.05) is 32.4 Å². The Morgan fingerprint density at radius 2 is 2.11 bits per heavy atom. The van der Waals surface area contributed by atoms with Gasteiger partial charge in [-0.05, 0) is 17.2 Å². The fourth-order valence-corrected chi connectivity index (χ4v) is 2.98.